The number of aliphatic hydroxyl groups excluding tert-OH is 1. The lowest BCUT2D eigenvalue weighted by molar-refractivity contribution is 0.168. The molecule has 0 aliphatic heterocycles. The predicted molar refractivity (Wildman–Crippen MR) is 68.3 cm³/mol. The number of hydrogen-bond donors (Lipinski definition) is 1. The van der Waals surface area contributed by atoms with Crippen LogP contribution in [-0.4, -0.2) is 14.9 Å². The Kier molecular flexibility index (Phi) is 3.72. The molecule has 0 fully saturated rings. The Hall–Kier alpha value is -1.03. The van der Waals surface area contributed by atoms with Crippen molar-refractivity contribution in [2.75, 3.05) is 0 Å². The van der Waals surface area contributed by atoms with Gasteiger partial charge in [0.25, 0.3) is 0 Å². The van der Waals surface area contributed by atoms with Crippen molar-refractivity contribution >= 4 is 23.2 Å². The van der Waals surface area contributed by atoms with Crippen LogP contribution in [0.3, 0.4) is 0 Å². The van der Waals surface area contributed by atoms with E-state index in [1.807, 2.05) is 0 Å². The molecule has 3 nitrogen and oxygen atoms in total. The van der Waals surface area contributed by atoms with Crippen molar-refractivity contribution in [3.8, 4) is 0 Å². The molecule has 0 aliphatic carbocycles. The summed E-state index contributed by atoms with van der Waals surface area (Å²) in [5.74, 6) is 0. The Morgan fingerprint density at radius 2 is 1.94 bits per heavy atom. The van der Waals surface area contributed by atoms with Crippen molar-refractivity contribution in [1.82, 2.24) is 9.78 Å². The van der Waals surface area contributed by atoms with Crippen LogP contribution in [0.25, 0.3) is 0 Å². The highest BCUT2D eigenvalue weighted by Crippen LogP contribution is 2.28. The topological polar surface area (TPSA) is 38.0 Å². The van der Waals surface area contributed by atoms with Gasteiger partial charge in [0, 0.05) is 29.7 Å². The summed E-state index contributed by atoms with van der Waals surface area (Å²) in [4.78, 5) is 0. The van der Waals surface area contributed by atoms with Crippen LogP contribution in [0.2, 0.25) is 10.0 Å². The molecule has 1 aromatic carbocycles. The predicted octanol–water partition coefficient (Wildman–Crippen LogP) is 3.00. The molecule has 0 aliphatic rings. The Bertz CT molecular complexity index is 505. The van der Waals surface area contributed by atoms with Crippen LogP contribution >= 0.6 is 23.2 Å². The van der Waals surface area contributed by atoms with E-state index in [2.05, 4.69) is 5.10 Å². The lowest BCUT2D eigenvalue weighted by Crippen LogP contribution is -2.08. The molecule has 1 heterocycles. The van der Waals surface area contributed by atoms with Crippen LogP contribution in [0, 0.1) is 0 Å². The zero-order valence-electron chi connectivity index (χ0n) is 9.27. The van der Waals surface area contributed by atoms with Gasteiger partial charge < -0.3 is 5.11 Å². The Balaban J connectivity index is 2.25. The van der Waals surface area contributed by atoms with E-state index in [1.165, 1.54) is 0 Å². The molecule has 1 atom stereocenters. The fraction of sp³-hybridized carbons (Fsp3) is 0.250. The molecule has 0 bridgehead atoms. The second kappa shape index (κ2) is 5.08. The highest BCUT2D eigenvalue weighted by molar-refractivity contribution is 6.35. The fourth-order valence-corrected chi connectivity index (χ4v) is 2.29. The second-order valence-electron chi connectivity index (χ2n) is 3.80. The fourth-order valence-electron chi connectivity index (χ4n) is 1.74. The number of aliphatic hydroxyl groups is 1. The number of benzene rings is 1. The maximum Gasteiger partial charge on any atom is 0.0997 e. The summed E-state index contributed by atoms with van der Waals surface area (Å²) >= 11 is 12.1. The first-order valence-corrected chi connectivity index (χ1v) is 5.94. The normalized spacial score (nSPS) is 12.7. The second-order valence-corrected chi connectivity index (χ2v) is 4.61. The standard InChI is InChI=1S/C12H12Cl2N2O/c1-16-11(5-6-15-16)12(17)7-8-9(13)3-2-4-10(8)14/h2-6,12,17H,7H2,1H3. The monoisotopic (exact) mass is 270 g/mol. The lowest BCUT2D eigenvalue weighted by Gasteiger charge is -2.13. The molecule has 1 aromatic heterocycles. The van der Waals surface area contributed by atoms with E-state index in [4.69, 9.17) is 23.2 Å². The van der Waals surface area contributed by atoms with Gasteiger partial charge in [-0.3, -0.25) is 4.68 Å². The van der Waals surface area contributed by atoms with Gasteiger partial charge in [-0.05, 0) is 23.8 Å². The van der Waals surface area contributed by atoms with Crippen LogP contribution in [0.15, 0.2) is 30.5 Å². The van der Waals surface area contributed by atoms with Gasteiger partial charge in [-0.2, -0.15) is 5.10 Å². The van der Waals surface area contributed by atoms with Gasteiger partial charge in [-0.1, -0.05) is 29.3 Å². The quantitative estimate of drug-likeness (QED) is 0.931. The summed E-state index contributed by atoms with van der Waals surface area (Å²) in [5, 5.41) is 15.3. The maximum atomic E-state index is 10.1. The molecule has 0 saturated carbocycles. The molecule has 0 amide bonds. The van der Waals surface area contributed by atoms with Crippen molar-refractivity contribution in [3.05, 3.63) is 51.8 Å². The van der Waals surface area contributed by atoms with Gasteiger partial charge in [0.1, 0.15) is 0 Å². The number of aromatic nitrogens is 2. The molecule has 17 heavy (non-hydrogen) atoms. The number of hydrogen-bond acceptors (Lipinski definition) is 2. The Labute approximate surface area is 110 Å². The first-order chi connectivity index (χ1) is 8.09. The molecule has 2 rings (SSSR count). The molecule has 5 heteroatoms. The smallest absolute Gasteiger partial charge is 0.0997 e. The van der Waals surface area contributed by atoms with Crippen LogP contribution in [-0.2, 0) is 13.5 Å². The van der Waals surface area contributed by atoms with E-state index in [1.54, 1.807) is 42.2 Å². The zero-order valence-corrected chi connectivity index (χ0v) is 10.8. The summed E-state index contributed by atoms with van der Waals surface area (Å²) in [7, 11) is 1.78. The first-order valence-electron chi connectivity index (χ1n) is 5.18. The van der Waals surface area contributed by atoms with E-state index in [0.717, 1.165) is 11.3 Å². The third-order valence-electron chi connectivity index (χ3n) is 2.66. The SMILES string of the molecule is Cn1nccc1C(O)Cc1c(Cl)cccc1Cl. The third kappa shape index (κ3) is 2.63. The van der Waals surface area contributed by atoms with Crippen LogP contribution in [0.1, 0.15) is 17.4 Å². The van der Waals surface area contributed by atoms with Gasteiger partial charge in [0.2, 0.25) is 0 Å². The highest BCUT2D eigenvalue weighted by atomic mass is 35.5. The van der Waals surface area contributed by atoms with Crippen LogP contribution in [0.4, 0.5) is 0 Å². The summed E-state index contributed by atoms with van der Waals surface area (Å²) in [6, 6.07) is 7.08. The van der Waals surface area contributed by atoms with E-state index in [-0.39, 0.29) is 0 Å². The first kappa shape index (κ1) is 12.4. The molecule has 0 radical (unpaired) electrons. The van der Waals surface area contributed by atoms with Gasteiger partial charge in [0.15, 0.2) is 0 Å². The maximum absolute atomic E-state index is 10.1. The summed E-state index contributed by atoms with van der Waals surface area (Å²) in [6.45, 7) is 0. The molecule has 2 aromatic rings. The highest BCUT2D eigenvalue weighted by Gasteiger charge is 2.15. The van der Waals surface area contributed by atoms with Gasteiger partial charge in [-0.25, -0.2) is 0 Å². The molecule has 90 valence electrons. The number of aryl methyl sites for hydroxylation is 1. The Morgan fingerprint density at radius 3 is 2.47 bits per heavy atom. The minimum absolute atomic E-state index is 0.373. The molecule has 0 saturated heterocycles. The summed E-state index contributed by atoms with van der Waals surface area (Å²) < 4.78 is 1.63. The summed E-state index contributed by atoms with van der Waals surface area (Å²) in [5.41, 5.74) is 1.49. The zero-order chi connectivity index (χ0) is 12.4. The van der Waals surface area contributed by atoms with Gasteiger partial charge in [0.05, 0.1) is 11.8 Å². The average molecular weight is 271 g/mol. The van der Waals surface area contributed by atoms with Crippen molar-refractivity contribution in [2.24, 2.45) is 7.05 Å². The molecule has 0 spiro atoms. The number of nitrogens with zero attached hydrogens (tertiary/aromatic N) is 2. The minimum atomic E-state index is -0.667. The van der Waals surface area contributed by atoms with Crippen molar-refractivity contribution in [3.63, 3.8) is 0 Å². The largest absolute Gasteiger partial charge is 0.386 e. The average Bonchev–Trinajstić information content (AvgIpc) is 2.70. The molecule has 1 unspecified atom stereocenters. The van der Waals surface area contributed by atoms with Crippen LogP contribution in [0.5, 0.6) is 0 Å². The summed E-state index contributed by atoms with van der Waals surface area (Å²) in [6.07, 6.45) is 1.35. The van der Waals surface area contributed by atoms with Crippen LogP contribution < -0.4 is 0 Å². The Morgan fingerprint density at radius 1 is 1.29 bits per heavy atom. The van der Waals surface area contributed by atoms with Crippen molar-refractivity contribution in [1.29, 1.82) is 0 Å². The van der Waals surface area contributed by atoms with Gasteiger partial charge >= 0.3 is 0 Å². The lowest BCUT2D eigenvalue weighted by atomic mass is 10.1. The number of halogens is 2. The molecule has 1 N–H and O–H groups in total. The van der Waals surface area contributed by atoms with E-state index in [0.29, 0.717) is 16.5 Å². The van der Waals surface area contributed by atoms with E-state index >= 15 is 0 Å². The minimum Gasteiger partial charge on any atom is -0.386 e. The van der Waals surface area contributed by atoms with Gasteiger partial charge in [-0.15, -0.1) is 0 Å². The van der Waals surface area contributed by atoms with E-state index < -0.39 is 6.10 Å². The van der Waals surface area contributed by atoms with Crippen molar-refractivity contribution < 1.29 is 5.11 Å². The third-order valence-corrected chi connectivity index (χ3v) is 3.37. The van der Waals surface area contributed by atoms with Crippen molar-refractivity contribution in [2.45, 2.75) is 12.5 Å². The number of rotatable bonds is 3. The molecular weight excluding hydrogens is 259 g/mol. The van der Waals surface area contributed by atoms with E-state index in [9.17, 15) is 5.11 Å². The molecular formula is C12H12Cl2N2O.